The van der Waals surface area contributed by atoms with Crippen molar-refractivity contribution in [1.29, 1.82) is 0 Å². The monoisotopic (exact) mass is 390 g/mol. The number of aliphatic hydroxyl groups excluding tert-OH is 1. The fourth-order valence-electron chi connectivity index (χ4n) is 2.84. The third kappa shape index (κ3) is 4.64. The molecule has 0 aliphatic rings. The van der Waals surface area contributed by atoms with Gasteiger partial charge in [0.05, 0.1) is 5.52 Å². The number of benzene rings is 2. The molecule has 0 saturated heterocycles. The van der Waals surface area contributed by atoms with Crippen LogP contribution < -0.4 is 10.1 Å². The van der Waals surface area contributed by atoms with E-state index in [0.29, 0.717) is 17.4 Å². The molecule has 0 radical (unpaired) electrons. The number of fused-ring (bicyclic) bond motifs is 1. The van der Waals surface area contributed by atoms with Crippen molar-refractivity contribution in [3.05, 3.63) is 78.9 Å². The van der Waals surface area contributed by atoms with E-state index in [1.807, 2.05) is 36.4 Å². The Hall–Kier alpha value is -3.58. The number of nitrogens with zero attached hydrogens (tertiary/aromatic N) is 3. The molecule has 2 aromatic heterocycles. The molecule has 2 heterocycles. The second-order valence-electron chi connectivity index (χ2n) is 6.45. The molecule has 4 rings (SSSR count). The number of rotatable bonds is 7. The number of hydrogen-bond acceptors (Lipinski definition) is 6. The Kier molecular flexibility index (Phi) is 5.58. The number of ether oxygens (including phenoxy) is 1. The van der Waals surface area contributed by atoms with E-state index in [9.17, 15) is 9.50 Å². The van der Waals surface area contributed by atoms with Gasteiger partial charge in [-0.3, -0.25) is 4.98 Å². The van der Waals surface area contributed by atoms with Crippen LogP contribution in [0.15, 0.2) is 73.1 Å². The second kappa shape index (κ2) is 8.62. The number of halogens is 1. The number of para-hydroxylation sites is 1. The van der Waals surface area contributed by atoms with Crippen LogP contribution in [0.5, 0.6) is 5.75 Å². The smallest absolute Gasteiger partial charge is 0.162 e. The topological polar surface area (TPSA) is 80.2 Å². The molecule has 146 valence electrons. The standard InChI is InChI=1S/C22H19FN4O2/c23-16-5-7-18(8-6-16)29-14-17(28)13-25-22-19-3-1-2-4-20(19)26-21(27-22)15-9-11-24-12-10-15/h1-12,17,28H,13-14H2,(H,25,26,27). The van der Waals surface area contributed by atoms with Gasteiger partial charge in [-0.2, -0.15) is 0 Å². The molecule has 2 aromatic carbocycles. The molecule has 0 aliphatic heterocycles. The first-order chi connectivity index (χ1) is 14.2. The van der Waals surface area contributed by atoms with Gasteiger partial charge in [0.25, 0.3) is 0 Å². The first-order valence-electron chi connectivity index (χ1n) is 9.16. The number of nitrogens with one attached hydrogen (secondary N) is 1. The molecule has 4 aromatic rings. The van der Waals surface area contributed by atoms with Gasteiger partial charge in [-0.1, -0.05) is 12.1 Å². The Balaban J connectivity index is 1.48. The Labute approximate surface area is 167 Å². The van der Waals surface area contributed by atoms with Crippen molar-refractivity contribution in [1.82, 2.24) is 15.0 Å². The quantitative estimate of drug-likeness (QED) is 0.501. The molecule has 1 unspecified atom stereocenters. The van der Waals surface area contributed by atoms with Crippen LogP contribution in [0.1, 0.15) is 0 Å². The highest BCUT2D eigenvalue weighted by atomic mass is 19.1. The summed E-state index contributed by atoms with van der Waals surface area (Å²) < 4.78 is 18.4. The fraction of sp³-hybridized carbons (Fsp3) is 0.136. The fourth-order valence-corrected chi connectivity index (χ4v) is 2.84. The first-order valence-corrected chi connectivity index (χ1v) is 9.16. The third-order valence-corrected chi connectivity index (χ3v) is 4.30. The average Bonchev–Trinajstić information content (AvgIpc) is 2.77. The van der Waals surface area contributed by atoms with Crippen molar-refractivity contribution in [2.24, 2.45) is 0 Å². The van der Waals surface area contributed by atoms with E-state index in [-0.39, 0.29) is 19.0 Å². The van der Waals surface area contributed by atoms with Gasteiger partial charge in [0.2, 0.25) is 0 Å². The third-order valence-electron chi connectivity index (χ3n) is 4.30. The molecule has 6 nitrogen and oxygen atoms in total. The average molecular weight is 390 g/mol. The number of aliphatic hydroxyl groups is 1. The normalized spacial score (nSPS) is 11.9. The van der Waals surface area contributed by atoms with Crippen LogP contribution in [0, 0.1) is 5.82 Å². The van der Waals surface area contributed by atoms with Gasteiger partial charge in [-0.25, -0.2) is 14.4 Å². The van der Waals surface area contributed by atoms with Gasteiger partial charge in [-0.05, 0) is 48.5 Å². The molecule has 7 heteroatoms. The van der Waals surface area contributed by atoms with Crippen LogP contribution in [0.4, 0.5) is 10.2 Å². The molecule has 29 heavy (non-hydrogen) atoms. The van der Waals surface area contributed by atoms with E-state index in [4.69, 9.17) is 4.74 Å². The summed E-state index contributed by atoms with van der Waals surface area (Å²) in [5, 5.41) is 14.3. The van der Waals surface area contributed by atoms with E-state index < -0.39 is 6.10 Å². The van der Waals surface area contributed by atoms with Crippen LogP contribution >= 0.6 is 0 Å². The number of anilines is 1. The summed E-state index contributed by atoms with van der Waals surface area (Å²) in [6.45, 7) is 0.302. The molecular formula is C22H19FN4O2. The maximum Gasteiger partial charge on any atom is 0.162 e. The van der Waals surface area contributed by atoms with E-state index >= 15 is 0 Å². The lowest BCUT2D eigenvalue weighted by atomic mass is 10.2. The zero-order valence-electron chi connectivity index (χ0n) is 15.5. The van der Waals surface area contributed by atoms with Gasteiger partial charge >= 0.3 is 0 Å². The minimum Gasteiger partial charge on any atom is -0.491 e. The van der Waals surface area contributed by atoms with Crippen LogP contribution in [0.25, 0.3) is 22.3 Å². The lowest BCUT2D eigenvalue weighted by Gasteiger charge is -2.15. The van der Waals surface area contributed by atoms with E-state index in [1.54, 1.807) is 12.4 Å². The molecule has 0 aliphatic carbocycles. The van der Waals surface area contributed by atoms with Crippen molar-refractivity contribution >= 4 is 16.7 Å². The predicted molar refractivity (Wildman–Crippen MR) is 109 cm³/mol. The molecule has 0 fully saturated rings. The zero-order chi connectivity index (χ0) is 20.1. The SMILES string of the molecule is OC(CNc1nc(-c2ccncc2)nc2ccccc12)COc1ccc(F)cc1. The summed E-state index contributed by atoms with van der Waals surface area (Å²) in [4.78, 5) is 13.3. The minimum absolute atomic E-state index is 0.0683. The lowest BCUT2D eigenvalue weighted by molar-refractivity contribution is 0.117. The predicted octanol–water partition coefficient (Wildman–Crippen LogP) is 3.68. The van der Waals surface area contributed by atoms with Gasteiger partial charge < -0.3 is 15.2 Å². The number of pyridine rings is 1. The van der Waals surface area contributed by atoms with E-state index in [1.165, 1.54) is 24.3 Å². The second-order valence-corrected chi connectivity index (χ2v) is 6.45. The van der Waals surface area contributed by atoms with Crippen LogP contribution in [-0.4, -0.2) is 39.3 Å². The molecular weight excluding hydrogens is 371 g/mol. The molecule has 0 saturated carbocycles. The van der Waals surface area contributed by atoms with Crippen molar-refractivity contribution < 1.29 is 14.2 Å². The molecule has 0 spiro atoms. The van der Waals surface area contributed by atoms with E-state index in [0.717, 1.165) is 16.5 Å². The number of aromatic nitrogens is 3. The summed E-state index contributed by atoms with van der Waals surface area (Å²) in [5.41, 5.74) is 1.66. The zero-order valence-corrected chi connectivity index (χ0v) is 15.5. The van der Waals surface area contributed by atoms with Crippen molar-refractivity contribution in [3.8, 4) is 17.1 Å². The Morgan fingerprint density at radius 3 is 2.52 bits per heavy atom. The lowest BCUT2D eigenvalue weighted by Crippen LogP contribution is -2.26. The maximum absolute atomic E-state index is 12.9. The van der Waals surface area contributed by atoms with Crippen molar-refractivity contribution in [3.63, 3.8) is 0 Å². The Morgan fingerprint density at radius 1 is 0.966 bits per heavy atom. The molecule has 0 bridgehead atoms. The van der Waals surface area contributed by atoms with Crippen LogP contribution in [0.2, 0.25) is 0 Å². The van der Waals surface area contributed by atoms with Gasteiger partial charge in [0.15, 0.2) is 5.82 Å². The van der Waals surface area contributed by atoms with Crippen LogP contribution in [0.3, 0.4) is 0 Å². The van der Waals surface area contributed by atoms with E-state index in [2.05, 4.69) is 20.3 Å². The summed E-state index contributed by atoms with van der Waals surface area (Å²) in [6, 6.07) is 17.0. The number of hydrogen-bond donors (Lipinski definition) is 2. The summed E-state index contributed by atoms with van der Waals surface area (Å²) in [7, 11) is 0. The highest BCUT2D eigenvalue weighted by Crippen LogP contribution is 2.24. The highest BCUT2D eigenvalue weighted by molar-refractivity contribution is 5.90. The molecule has 2 N–H and O–H groups in total. The van der Waals surface area contributed by atoms with Crippen molar-refractivity contribution in [2.75, 3.05) is 18.5 Å². The Bertz CT molecular complexity index is 1090. The Morgan fingerprint density at radius 2 is 1.72 bits per heavy atom. The molecule has 1 atom stereocenters. The summed E-state index contributed by atoms with van der Waals surface area (Å²) in [6.07, 6.45) is 2.60. The van der Waals surface area contributed by atoms with Gasteiger partial charge in [0, 0.05) is 29.9 Å². The summed E-state index contributed by atoms with van der Waals surface area (Å²) >= 11 is 0. The first kappa shape index (κ1) is 18.8. The van der Waals surface area contributed by atoms with Gasteiger partial charge in [-0.15, -0.1) is 0 Å². The van der Waals surface area contributed by atoms with Gasteiger partial charge in [0.1, 0.15) is 30.1 Å². The maximum atomic E-state index is 12.9. The van der Waals surface area contributed by atoms with Crippen LogP contribution in [-0.2, 0) is 0 Å². The largest absolute Gasteiger partial charge is 0.491 e. The minimum atomic E-state index is -0.779. The summed E-state index contributed by atoms with van der Waals surface area (Å²) in [5.74, 6) is 1.37. The highest BCUT2D eigenvalue weighted by Gasteiger charge is 2.11. The van der Waals surface area contributed by atoms with Crippen molar-refractivity contribution in [2.45, 2.75) is 6.10 Å². The molecule has 0 amide bonds.